The van der Waals surface area contributed by atoms with Gasteiger partial charge in [0.15, 0.2) is 5.82 Å². The molecule has 0 unspecified atom stereocenters. The van der Waals surface area contributed by atoms with E-state index in [1.807, 2.05) is 17.9 Å². The van der Waals surface area contributed by atoms with Crippen molar-refractivity contribution in [3.63, 3.8) is 0 Å². The van der Waals surface area contributed by atoms with Gasteiger partial charge < -0.3 is 14.4 Å². The Morgan fingerprint density at radius 3 is 3.00 bits per heavy atom. The lowest BCUT2D eigenvalue weighted by Gasteiger charge is -2.19. The minimum atomic E-state index is -1.58. The van der Waals surface area contributed by atoms with Gasteiger partial charge in [-0.2, -0.15) is 0 Å². The van der Waals surface area contributed by atoms with E-state index >= 15 is 0 Å². The monoisotopic (exact) mass is 311 g/mol. The van der Waals surface area contributed by atoms with Crippen LogP contribution in [0, 0.1) is 12.8 Å². The van der Waals surface area contributed by atoms with E-state index in [1.165, 1.54) is 0 Å². The van der Waals surface area contributed by atoms with Gasteiger partial charge in [0.05, 0.1) is 6.61 Å². The third-order valence-corrected chi connectivity index (χ3v) is 3.63. The zero-order valence-electron chi connectivity index (χ0n) is 13.2. The lowest BCUT2D eigenvalue weighted by Crippen LogP contribution is -2.30. The predicted octanol–water partition coefficient (Wildman–Crippen LogP) is 1.66. The molecule has 0 spiro atoms. The fourth-order valence-corrected chi connectivity index (χ4v) is 2.62. The molecule has 0 aliphatic carbocycles. The Morgan fingerprint density at radius 1 is 1.55 bits per heavy atom. The topological polar surface area (TPSA) is 64.5 Å². The molecule has 7 heteroatoms. The number of hydrogen-bond donors (Lipinski definition) is 0. The molecule has 1 saturated heterocycles. The smallest absolute Gasteiger partial charge is 0.341 e. The number of hydrogen-bond acceptors (Lipinski definition) is 6. The van der Waals surface area contributed by atoms with Crippen molar-refractivity contribution in [1.82, 2.24) is 9.97 Å². The zero-order chi connectivity index (χ0) is 16.1. The molecule has 122 valence electrons. The second-order valence-electron chi connectivity index (χ2n) is 5.37. The first-order chi connectivity index (χ1) is 10.5. The van der Waals surface area contributed by atoms with Crippen LogP contribution in [0.3, 0.4) is 0 Å². The van der Waals surface area contributed by atoms with E-state index in [0.717, 1.165) is 11.5 Å². The van der Waals surface area contributed by atoms with E-state index in [2.05, 4.69) is 9.97 Å². The Balaban J connectivity index is 2.05. The lowest BCUT2D eigenvalue weighted by atomic mass is 10.0. The van der Waals surface area contributed by atoms with Crippen molar-refractivity contribution in [2.45, 2.75) is 33.0 Å². The molecular formula is C15H22FN3O3. The van der Waals surface area contributed by atoms with Gasteiger partial charge in [0.2, 0.25) is 6.17 Å². The third-order valence-electron chi connectivity index (χ3n) is 3.63. The van der Waals surface area contributed by atoms with E-state index in [9.17, 15) is 9.18 Å². The largest absolute Gasteiger partial charge is 0.464 e. The number of carbonyl (C=O) groups excluding carboxylic acids is 1. The summed E-state index contributed by atoms with van der Waals surface area (Å²) in [5.74, 6) is 0.217. The molecule has 0 bridgehead atoms. The van der Waals surface area contributed by atoms with Crippen LogP contribution in [-0.4, -0.2) is 48.9 Å². The molecule has 1 aliphatic heterocycles. The van der Waals surface area contributed by atoms with Gasteiger partial charge in [0.1, 0.15) is 12.4 Å². The molecule has 0 N–H and O–H groups in total. The second-order valence-corrected chi connectivity index (χ2v) is 5.37. The van der Waals surface area contributed by atoms with Crippen LogP contribution in [0.4, 0.5) is 10.2 Å². The fourth-order valence-electron chi connectivity index (χ4n) is 2.62. The third kappa shape index (κ3) is 3.91. The standard InChI is InChI=1S/C15H22FN3O3/c1-4-22-15(20)14(16)11-5-6-19(8-11)13-7-10(2)17-12(18-13)9-21-3/h7,11,14H,4-6,8-9H2,1-3H3/t11-,14-/m1/s1. The molecule has 2 rings (SSSR count). The summed E-state index contributed by atoms with van der Waals surface area (Å²) in [6, 6.07) is 1.86. The first-order valence-corrected chi connectivity index (χ1v) is 7.44. The minimum Gasteiger partial charge on any atom is -0.464 e. The molecule has 1 fully saturated rings. The van der Waals surface area contributed by atoms with E-state index in [4.69, 9.17) is 9.47 Å². The summed E-state index contributed by atoms with van der Waals surface area (Å²) >= 11 is 0. The lowest BCUT2D eigenvalue weighted by molar-refractivity contribution is -0.150. The molecule has 6 nitrogen and oxygen atoms in total. The Labute approximate surface area is 129 Å². The van der Waals surface area contributed by atoms with Gasteiger partial charge >= 0.3 is 5.97 Å². The molecule has 0 aromatic carbocycles. The van der Waals surface area contributed by atoms with Crippen LogP contribution >= 0.6 is 0 Å². The summed E-state index contributed by atoms with van der Waals surface area (Å²) in [6.45, 7) is 5.19. The van der Waals surface area contributed by atoms with Crippen molar-refractivity contribution < 1.29 is 18.7 Å². The summed E-state index contributed by atoms with van der Waals surface area (Å²) < 4.78 is 23.9. The number of aryl methyl sites for hydroxylation is 1. The van der Waals surface area contributed by atoms with Crippen LogP contribution in [-0.2, 0) is 20.9 Å². The van der Waals surface area contributed by atoms with E-state index < -0.39 is 12.1 Å². The van der Waals surface area contributed by atoms with Crippen molar-refractivity contribution in [1.29, 1.82) is 0 Å². The van der Waals surface area contributed by atoms with Crippen molar-refractivity contribution in [3.05, 3.63) is 17.6 Å². The quantitative estimate of drug-likeness (QED) is 0.745. The highest BCUT2D eigenvalue weighted by atomic mass is 19.1. The molecule has 0 saturated carbocycles. The molecule has 1 aromatic rings. The highest BCUT2D eigenvalue weighted by Gasteiger charge is 2.35. The van der Waals surface area contributed by atoms with Crippen LogP contribution in [0.2, 0.25) is 0 Å². The van der Waals surface area contributed by atoms with Crippen LogP contribution in [0.15, 0.2) is 6.07 Å². The van der Waals surface area contributed by atoms with Crippen molar-refractivity contribution in [2.75, 3.05) is 31.7 Å². The Hall–Kier alpha value is -1.76. The van der Waals surface area contributed by atoms with Gasteiger partial charge in [-0.25, -0.2) is 19.2 Å². The van der Waals surface area contributed by atoms with Crippen LogP contribution in [0.25, 0.3) is 0 Å². The maximum absolute atomic E-state index is 14.1. The summed E-state index contributed by atoms with van der Waals surface area (Å²) in [6.07, 6.45) is -0.978. The van der Waals surface area contributed by atoms with Crippen LogP contribution in [0.1, 0.15) is 24.9 Å². The van der Waals surface area contributed by atoms with Crippen molar-refractivity contribution in [3.8, 4) is 0 Å². The summed E-state index contributed by atoms with van der Waals surface area (Å²) in [5.41, 5.74) is 0.836. The number of anilines is 1. The highest BCUT2D eigenvalue weighted by molar-refractivity contribution is 5.75. The number of methoxy groups -OCH3 is 1. The predicted molar refractivity (Wildman–Crippen MR) is 79.3 cm³/mol. The molecule has 22 heavy (non-hydrogen) atoms. The van der Waals surface area contributed by atoms with Gasteiger partial charge in [-0.05, 0) is 20.3 Å². The van der Waals surface area contributed by atoms with E-state index in [1.54, 1.807) is 14.0 Å². The number of esters is 1. The molecule has 0 radical (unpaired) electrons. The molecule has 1 aliphatic rings. The van der Waals surface area contributed by atoms with Crippen LogP contribution in [0.5, 0.6) is 0 Å². The SMILES string of the molecule is CCOC(=O)[C@H](F)[C@@H]1CCN(c2cc(C)nc(COC)n2)C1. The van der Waals surface area contributed by atoms with Crippen LogP contribution < -0.4 is 4.90 Å². The number of ether oxygens (including phenoxy) is 2. The number of nitrogens with zero attached hydrogens (tertiary/aromatic N) is 3. The minimum absolute atomic E-state index is 0.196. The normalized spacial score (nSPS) is 19.3. The number of alkyl halides is 1. The summed E-state index contributed by atoms with van der Waals surface area (Å²) in [4.78, 5) is 22.2. The average Bonchev–Trinajstić information content (AvgIpc) is 2.96. The van der Waals surface area contributed by atoms with E-state index in [-0.39, 0.29) is 12.5 Å². The second kappa shape index (κ2) is 7.49. The maximum atomic E-state index is 14.1. The van der Waals surface area contributed by atoms with Gasteiger partial charge in [0, 0.05) is 37.9 Å². The molecular weight excluding hydrogens is 289 g/mol. The number of carbonyl (C=O) groups is 1. The van der Waals surface area contributed by atoms with Gasteiger partial charge in [-0.1, -0.05) is 0 Å². The van der Waals surface area contributed by atoms with Crippen molar-refractivity contribution >= 4 is 11.8 Å². The molecule has 1 aromatic heterocycles. The molecule has 2 heterocycles. The highest BCUT2D eigenvalue weighted by Crippen LogP contribution is 2.27. The maximum Gasteiger partial charge on any atom is 0.341 e. The average molecular weight is 311 g/mol. The van der Waals surface area contributed by atoms with Gasteiger partial charge in [-0.15, -0.1) is 0 Å². The molecule has 2 atom stereocenters. The Morgan fingerprint density at radius 2 is 2.32 bits per heavy atom. The molecule has 0 amide bonds. The fraction of sp³-hybridized carbons (Fsp3) is 0.667. The summed E-state index contributed by atoms with van der Waals surface area (Å²) in [5, 5.41) is 0. The Bertz CT molecular complexity index is 527. The number of rotatable bonds is 6. The first kappa shape index (κ1) is 16.6. The van der Waals surface area contributed by atoms with E-state index in [0.29, 0.717) is 31.9 Å². The van der Waals surface area contributed by atoms with Gasteiger partial charge in [-0.3, -0.25) is 0 Å². The van der Waals surface area contributed by atoms with Crippen molar-refractivity contribution in [2.24, 2.45) is 5.92 Å². The zero-order valence-corrected chi connectivity index (χ0v) is 13.2. The number of halogens is 1. The summed E-state index contributed by atoms with van der Waals surface area (Å²) in [7, 11) is 1.59. The van der Waals surface area contributed by atoms with Gasteiger partial charge in [0.25, 0.3) is 0 Å². The number of aromatic nitrogens is 2. The first-order valence-electron chi connectivity index (χ1n) is 7.44. The Kier molecular flexibility index (Phi) is 5.65.